The topological polar surface area (TPSA) is 84.0 Å². The SMILES string of the molecule is N#Cc1cccc(NC2C(N)C3CCOC32)n1. The molecule has 1 aliphatic heterocycles. The molecule has 0 amide bonds. The molecule has 0 bridgehead atoms. The van der Waals surface area contributed by atoms with E-state index in [1.807, 2.05) is 18.2 Å². The number of rotatable bonds is 2. The van der Waals surface area contributed by atoms with E-state index in [0.29, 0.717) is 17.4 Å². The van der Waals surface area contributed by atoms with Crippen molar-refractivity contribution in [1.82, 2.24) is 4.98 Å². The van der Waals surface area contributed by atoms with E-state index in [1.165, 1.54) is 0 Å². The lowest BCUT2D eigenvalue weighted by atomic mass is 9.72. The molecular weight excluding hydrogens is 216 g/mol. The molecule has 1 aromatic heterocycles. The summed E-state index contributed by atoms with van der Waals surface area (Å²) in [6, 6.07) is 7.59. The maximum absolute atomic E-state index is 8.78. The first kappa shape index (κ1) is 10.5. The van der Waals surface area contributed by atoms with Crippen LogP contribution in [0.25, 0.3) is 0 Å². The van der Waals surface area contributed by atoms with Crippen LogP contribution in [0.5, 0.6) is 0 Å². The number of nitrogens with zero attached hydrogens (tertiary/aromatic N) is 2. The normalized spacial score (nSPS) is 34.6. The Bertz CT molecular complexity index is 470. The van der Waals surface area contributed by atoms with Crippen LogP contribution in [0, 0.1) is 17.2 Å². The van der Waals surface area contributed by atoms with Gasteiger partial charge in [0, 0.05) is 18.6 Å². The minimum absolute atomic E-state index is 0.115. The molecule has 3 N–H and O–H groups in total. The maximum atomic E-state index is 8.78. The van der Waals surface area contributed by atoms with E-state index >= 15 is 0 Å². The number of pyridine rings is 1. The molecule has 4 unspecified atom stereocenters. The van der Waals surface area contributed by atoms with Gasteiger partial charge in [0.25, 0.3) is 0 Å². The molecule has 1 saturated heterocycles. The molecule has 5 nitrogen and oxygen atoms in total. The second-order valence-electron chi connectivity index (χ2n) is 4.56. The summed E-state index contributed by atoms with van der Waals surface area (Å²) in [5, 5.41) is 12.0. The van der Waals surface area contributed by atoms with Crippen molar-refractivity contribution in [2.45, 2.75) is 24.6 Å². The zero-order valence-electron chi connectivity index (χ0n) is 9.34. The van der Waals surface area contributed by atoms with Gasteiger partial charge >= 0.3 is 0 Å². The summed E-state index contributed by atoms with van der Waals surface area (Å²) in [6.45, 7) is 0.798. The Hall–Kier alpha value is -1.64. The van der Waals surface area contributed by atoms with E-state index in [-0.39, 0.29) is 18.2 Å². The van der Waals surface area contributed by atoms with Gasteiger partial charge in [0.2, 0.25) is 0 Å². The van der Waals surface area contributed by atoms with Gasteiger partial charge in [-0.2, -0.15) is 5.26 Å². The van der Waals surface area contributed by atoms with E-state index in [9.17, 15) is 0 Å². The molecular formula is C12H14N4O. The van der Waals surface area contributed by atoms with Gasteiger partial charge < -0.3 is 15.8 Å². The van der Waals surface area contributed by atoms with Crippen molar-refractivity contribution in [3.8, 4) is 6.07 Å². The van der Waals surface area contributed by atoms with Gasteiger partial charge in [-0.05, 0) is 18.6 Å². The largest absolute Gasteiger partial charge is 0.376 e. The minimum atomic E-state index is 0.115. The first-order valence-corrected chi connectivity index (χ1v) is 5.80. The van der Waals surface area contributed by atoms with Gasteiger partial charge in [-0.3, -0.25) is 0 Å². The zero-order chi connectivity index (χ0) is 11.8. The maximum Gasteiger partial charge on any atom is 0.142 e. The number of anilines is 1. The van der Waals surface area contributed by atoms with Crippen molar-refractivity contribution in [1.29, 1.82) is 5.26 Å². The summed E-state index contributed by atoms with van der Waals surface area (Å²) in [5.41, 5.74) is 6.50. The first-order chi connectivity index (χ1) is 8.29. The number of nitrogens with two attached hydrogens (primary N) is 1. The van der Waals surface area contributed by atoms with E-state index in [4.69, 9.17) is 15.7 Å². The lowest BCUT2D eigenvalue weighted by molar-refractivity contribution is 0.00524. The first-order valence-electron chi connectivity index (χ1n) is 5.80. The molecule has 17 heavy (non-hydrogen) atoms. The highest BCUT2D eigenvalue weighted by molar-refractivity contribution is 5.41. The van der Waals surface area contributed by atoms with E-state index < -0.39 is 0 Å². The summed E-state index contributed by atoms with van der Waals surface area (Å²) in [7, 11) is 0. The van der Waals surface area contributed by atoms with Crippen LogP contribution >= 0.6 is 0 Å². The number of aromatic nitrogens is 1. The second kappa shape index (κ2) is 3.99. The quantitative estimate of drug-likeness (QED) is 0.772. The Morgan fingerprint density at radius 1 is 1.53 bits per heavy atom. The van der Waals surface area contributed by atoms with Crippen LogP contribution in [0.15, 0.2) is 18.2 Å². The molecule has 4 atom stereocenters. The van der Waals surface area contributed by atoms with Crippen LogP contribution < -0.4 is 11.1 Å². The lowest BCUT2D eigenvalue weighted by Crippen LogP contribution is -2.65. The fourth-order valence-electron chi connectivity index (χ4n) is 2.68. The predicted octanol–water partition coefficient (Wildman–Crippen LogP) is 0.480. The van der Waals surface area contributed by atoms with Crippen molar-refractivity contribution < 1.29 is 4.74 Å². The third kappa shape index (κ3) is 1.66. The second-order valence-corrected chi connectivity index (χ2v) is 4.56. The summed E-state index contributed by atoms with van der Waals surface area (Å²) in [6.07, 6.45) is 1.26. The van der Waals surface area contributed by atoms with Crippen molar-refractivity contribution in [3.63, 3.8) is 0 Å². The number of nitrogens with one attached hydrogen (secondary N) is 1. The summed E-state index contributed by atoms with van der Waals surface area (Å²) >= 11 is 0. The molecule has 3 rings (SSSR count). The van der Waals surface area contributed by atoms with Gasteiger partial charge in [0.05, 0.1) is 12.1 Å². The number of hydrogen-bond acceptors (Lipinski definition) is 5. The standard InChI is InChI=1S/C12H14N4O/c13-6-7-2-1-3-9(15-7)16-11-10(14)8-4-5-17-12(8)11/h1-3,8,10-12H,4-5,14H2,(H,15,16). The van der Waals surface area contributed by atoms with Crippen LogP contribution in [-0.4, -0.2) is 29.8 Å². The number of nitriles is 1. The third-order valence-electron chi connectivity index (χ3n) is 3.62. The average Bonchev–Trinajstić information content (AvgIpc) is 2.81. The molecule has 1 aliphatic carbocycles. The van der Waals surface area contributed by atoms with Crippen LogP contribution in [0.1, 0.15) is 12.1 Å². The van der Waals surface area contributed by atoms with Crippen LogP contribution in [0.4, 0.5) is 5.82 Å². The van der Waals surface area contributed by atoms with Crippen LogP contribution in [0.2, 0.25) is 0 Å². The minimum Gasteiger partial charge on any atom is -0.376 e. The molecule has 1 aromatic rings. The van der Waals surface area contributed by atoms with Crippen LogP contribution in [0.3, 0.4) is 0 Å². The number of ether oxygens (including phenoxy) is 1. The Kier molecular flexibility index (Phi) is 2.46. The highest BCUT2D eigenvalue weighted by Crippen LogP contribution is 2.39. The lowest BCUT2D eigenvalue weighted by Gasteiger charge is -2.45. The Labute approximate surface area is 99.6 Å². The van der Waals surface area contributed by atoms with Gasteiger partial charge in [0.1, 0.15) is 17.6 Å². The summed E-state index contributed by atoms with van der Waals surface area (Å²) in [5.74, 6) is 1.17. The van der Waals surface area contributed by atoms with Gasteiger partial charge in [-0.25, -0.2) is 4.98 Å². The van der Waals surface area contributed by atoms with Gasteiger partial charge in [0.15, 0.2) is 0 Å². The molecule has 5 heteroatoms. The monoisotopic (exact) mass is 230 g/mol. The molecule has 2 aliphatic rings. The van der Waals surface area contributed by atoms with E-state index in [2.05, 4.69) is 10.3 Å². The highest BCUT2D eigenvalue weighted by Gasteiger charge is 2.52. The van der Waals surface area contributed by atoms with Crippen LogP contribution in [-0.2, 0) is 4.74 Å². The highest BCUT2D eigenvalue weighted by atomic mass is 16.5. The number of fused-ring (bicyclic) bond motifs is 1. The molecule has 0 radical (unpaired) electrons. The molecule has 2 heterocycles. The molecule has 2 fully saturated rings. The predicted molar refractivity (Wildman–Crippen MR) is 62.2 cm³/mol. The van der Waals surface area contributed by atoms with Gasteiger partial charge in [-0.1, -0.05) is 6.07 Å². The summed E-state index contributed by atoms with van der Waals surface area (Å²) in [4.78, 5) is 4.18. The Morgan fingerprint density at radius 2 is 2.41 bits per heavy atom. The van der Waals surface area contributed by atoms with E-state index in [0.717, 1.165) is 13.0 Å². The molecule has 88 valence electrons. The van der Waals surface area contributed by atoms with Gasteiger partial charge in [-0.15, -0.1) is 0 Å². The number of hydrogen-bond donors (Lipinski definition) is 2. The van der Waals surface area contributed by atoms with E-state index in [1.54, 1.807) is 6.07 Å². The third-order valence-corrected chi connectivity index (χ3v) is 3.62. The smallest absolute Gasteiger partial charge is 0.142 e. The Balaban J connectivity index is 1.73. The van der Waals surface area contributed by atoms with Crippen molar-refractivity contribution in [2.75, 3.05) is 11.9 Å². The molecule has 0 spiro atoms. The molecule has 0 aromatic carbocycles. The fraction of sp³-hybridized carbons (Fsp3) is 0.500. The van der Waals surface area contributed by atoms with Crippen molar-refractivity contribution >= 4 is 5.82 Å². The fourth-order valence-corrected chi connectivity index (χ4v) is 2.68. The summed E-state index contributed by atoms with van der Waals surface area (Å²) < 4.78 is 5.63. The average molecular weight is 230 g/mol. The van der Waals surface area contributed by atoms with Crippen molar-refractivity contribution in [3.05, 3.63) is 23.9 Å². The Morgan fingerprint density at radius 3 is 3.24 bits per heavy atom. The van der Waals surface area contributed by atoms with Crippen molar-refractivity contribution in [2.24, 2.45) is 11.7 Å². The molecule has 1 saturated carbocycles. The zero-order valence-corrected chi connectivity index (χ0v) is 9.34.